The maximum Gasteiger partial charge on any atom is 0.227 e. The highest BCUT2D eigenvalue weighted by Gasteiger charge is 2.30. The fourth-order valence-corrected chi connectivity index (χ4v) is 4.85. The Labute approximate surface area is 184 Å². The molecule has 0 aromatic carbocycles. The van der Waals surface area contributed by atoms with Gasteiger partial charge in [0.1, 0.15) is 10.7 Å². The van der Waals surface area contributed by atoms with E-state index in [1.807, 2.05) is 20.8 Å². The maximum absolute atomic E-state index is 12.5. The van der Waals surface area contributed by atoms with E-state index in [4.69, 9.17) is 14.7 Å². The van der Waals surface area contributed by atoms with Gasteiger partial charge < -0.3 is 20.1 Å². The van der Waals surface area contributed by atoms with Gasteiger partial charge in [-0.05, 0) is 32.8 Å². The van der Waals surface area contributed by atoms with Crippen molar-refractivity contribution >= 4 is 28.1 Å². The Balaban J connectivity index is 1.56. The van der Waals surface area contributed by atoms with Gasteiger partial charge in [-0.1, -0.05) is 6.08 Å². The zero-order valence-electron chi connectivity index (χ0n) is 18.1. The minimum atomic E-state index is -1.12. The molecular formula is C21H28N6O3S. The van der Waals surface area contributed by atoms with Gasteiger partial charge in [-0.2, -0.15) is 4.98 Å². The molecule has 31 heavy (non-hydrogen) atoms. The third-order valence-corrected chi connectivity index (χ3v) is 6.71. The molecular weight excluding hydrogens is 416 g/mol. The summed E-state index contributed by atoms with van der Waals surface area (Å²) >= 11 is 0. The lowest BCUT2D eigenvalue weighted by molar-refractivity contribution is 0.233. The van der Waals surface area contributed by atoms with E-state index >= 15 is 0 Å². The first kappa shape index (κ1) is 21.6. The zero-order chi connectivity index (χ0) is 22.0. The number of aliphatic hydroxyl groups is 1. The average Bonchev–Trinajstić information content (AvgIpc) is 3.15. The summed E-state index contributed by atoms with van der Waals surface area (Å²) in [4.78, 5) is 21.0. The molecule has 9 nitrogen and oxygen atoms in total. The quantitative estimate of drug-likeness (QED) is 0.660. The monoisotopic (exact) mass is 444 g/mol. The molecule has 0 fully saturated rings. The van der Waals surface area contributed by atoms with E-state index in [2.05, 4.69) is 26.3 Å². The smallest absolute Gasteiger partial charge is 0.227 e. The molecule has 0 radical (unpaired) electrons. The van der Waals surface area contributed by atoms with Crippen molar-refractivity contribution in [3.05, 3.63) is 30.0 Å². The van der Waals surface area contributed by atoms with Crippen molar-refractivity contribution in [2.75, 3.05) is 42.3 Å². The Bertz CT molecular complexity index is 1010. The maximum atomic E-state index is 12.5. The Morgan fingerprint density at radius 2 is 2.03 bits per heavy atom. The molecule has 10 heteroatoms. The van der Waals surface area contributed by atoms with Crippen LogP contribution < -0.4 is 15.0 Å². The average molecular weight is 445 g/mol. The molecule has 2 aliphatic heterocycles. The normalized spacial score (nSPS) is 18.5. The largest absolute Gasteiger partial charge is 0.491 e. The van der Waals surface area contributed by atoms with Gasteiger partial charge in [-0.15, -0.1) is 0 Å². The van der Waals surface area contributed by atoms with E-state index in [9.17, 15) is 9.32 Å². The molecule has 2 aromatic heterocycles. The van der Waals surface area contributed by atoms with E-state index in [-0.39, 0.29) is 6.61 Å². The second-order valence-electron chi connectivity index (χ2n) is 8.22. The number of nitrogens with one attached hydrogen (secondary N) is 1. The molecule has 2 N–H and O–H groups in total. The first-order valence-corrected chi connectivity index (χ1v) is 11.8. The Kier molecular flexibility index (Phi) is 6.19. The third kappa shape index (κ3) is 4.69. The Morgan fingerprint density at radius 1 is 1.26 bits per heavy atom. The van der Waals surface area contributed by atoms with Crippen molar-refractivity contribution in [3.63, 3.8) is 0 Å². The minimum absolute atomic E-state index is 0.0638. The molecule has 0 unspecified atom stereocenters. The summed E-state index contributed by atoms with van der Waals surface area (Å²) in [6.45, 7) is 7.57. The minimum Gasteiger partial charge on any atom is -0.491 e. The lowest BCUT2D eigenvalue weighted by Gasteiger charge is -2.29. The van der Waals surface area contributed by atoms with E-state index in [0.717, 1.165) is 24.2 Å². The summed E-state index contributed by atoms with van der Waals surface area (Å²) in [5.41, 5.74) is 1.33. The van der Waals surface area contributed by atoms with Gasteiger partial charge >= 0.3 is 0 Å². The predicted molar refractivity (Wildman–Crippen MR) is 120 cm³/mol. The van der Waals surface area contributed by atoms with Crippen LogP contribution in [-0.4, -0.2) is 66.8 Å². The number of hydrogen-bond acceptors (Lipinski definition) is 9. The van der Waals surface area contributed by atoms with Crippen LogP contribution in [0.5, 0.6) is 5.75 Å². The van der Waals surface area contributed by atoms with Crippen LogP contribution in [0.25, 0.3) is 5.57 Å². The highest BCUT2D eigenvalue weighted by molar-refractivity contribution is 7.85. The van der Waals surface area contributed by atoms with Gasteiger partial charge in [-0.3, -0.25) is 4.21 Å². The lowest BCUT2D eigenvalue weighted by Crippen LogP contribution is -2.36. The molecule has 0 saturated carbocycles. The number of anilines is 2. The fraction of sp³-hybridized carbons (Fsp3) is 0.524. The highest BCUT2D eigenvalue weighted by atomic mass is 32.2. The van der Waals surface area contributed by atoms with E-state index in [0.29, 0.717) is 53.6 Å². The SMILES string of the molecule is CCOc1cnc(C2=CCN(c3nc4c(c(NC(C)(C)CO)n3)[S@](=O)CC4)CC2)nc1. The molecule has 0 aliphatic carbocycles. The summed E-state index contributed by atoms with van der Waals surface area (Å²) in [5.74, 6) is 3.09. The van der Waals surface area contributed by atoms with Crippen molar-refractivity contribution in [2.24, 2.45) is 0 Å². The van der Waals surface area contributed by atoms with Crippen LogP contribution in [0, 0.1) is 0 Å². The predicted octanol–water partition coefficient (Wildman–Crippen LogP) is 1.81. The van der Waals surface area contributed by atoms with E-state index < -0.39 is 16.3 Å². The number of hydrogen-bond donors (Lipinski definition) is 2. The summed E-state index contributed by atoms with van der Waals surface area (Å²) in [6.07, 6.45) is 6.93. The van der Waals surface area contributed by atoms with Crippen LogP contribution in [0.2, 0.25) is 0 Å². The molecule has 166 valence electrons. The second-order valence-corrected chi connectivity index (χ2v) is 9.72. The van der Waals surface area contributed by atoms with Gasteiger partial charge in [-0.25, -0.2) is 15.0 Å². The number of aryl methyl sites for hydroxylation is 1. The van der Waals surface area contributed by atoms with Gasteiger partial charge in [0.05, 0.1) is 47.6 Å². The number of fused-ring (bicyclic) bond motifs is 1. The fourth-order valence-electron chi connectivity index (χ4n) is 3.55. The van der Waals surface area contributed by atoms with Crippen LogP contribution in [0.3, 0.4) is 0 Å². The second kappa shape index (κ2) is 8.88. The van der Waals surface area contributed by atoms with E-state index in [1.54, 1.807) is 12.4 Å². The van der Waals surface area contributed by atoms with Crippen molar-refractivity contribution in [2.45, 2.75) is 44.0 Å². The third-order valence-electron chi connectivity index (χ3n) is 5.25. The van der Waals surface area contributed by atoms with Crippen molar-refractivity contribution < 1.29 is 14.1 Å². The van der Waals surface area contributed by atoms with Crippen LogP contribution in [0.1, 0.15) is 38.7 Å². The number of rotatable bonds is 7. The first-order chi connectivity index (χ1) is 14.9. The first-order valence-electron chi connectivity index (χ1n) is 10.5. The molecule has 2 aliphatic rings. The Morgan fingerprint density at radius 3 is 2.68 bits per heavy atom. The molecule has 0 saturated heterocycles. The number of aromatic nitrogens is 4. The molecule has 1 atom stereocenters. The molecule has 4 heterocycles. The van der Waals surface area contributed by atoms with Crippen LogP contribution in [0.4, 0.5) is 11.8 Å². The summed E-state index contributed by atoms with van der Waals surface area (Å²) in [5, 5.41) is 12.9. The van der Waals surface area contributed by atoms with Crippen LogP contribution in [0.15, 0.2) is 23.4 Å². The molecule has 2 aromatic rings. The van der Waals surface area contributed by atoms with Gasteiger partial charge in [0, 0.05) is 25.3 Å². The zero-order valence-corrected chi connectivity index (χ0v) is 18.9. The molecule has 0 bridgehead atoms. The van der Waals surface area contributed by atoms with Crippen LogP contribution in [-0.2, 0) is 17.2 Å². The van der Waals surface area contributed by atoms with Crippen LogP contribution >= 0.6 is 0 Å². The lowest BCUT2D eigenvalue weighted by atomic mass is 10.1. The summed E-state index contributed by atoms with van der Waals surface area (Å²) in [6, 6.07) is 0. The highest BCUT2D eigenvalue weighted by Crippen LogP contribution is 2.32. The van der Waals surface area contributed by atoms with Crippen molar-refractivity contribution in [1.29, 1.82) is 0 Å². The number of ether oxygens (including phenoxy) is 1. The summed E-state index contributed by atoms with van der Waals surface area (Å²) in [7, 11) is -1.12. The molecule has 0 spiro atoms. The topological polar surface area (TPSA) is 113 Å². The van der Waals surface area contributed by atoms with E-state index in [1.165, 1.54) is 0 Å². The van der Waals surface area contributed by atoms with Gasteiger partial charge in [0.2, 0.25) is 5.95 Å². The van der Waals surface area contributed by atoms with Crippen molar-refractivity contribution in [1.82, 2.24) is 19.9 Å². The number of aliphatic hydroxyl groups excluding tert-OH is 1. The number of nitrogens with zero attached hydrogens (tertiary/aromatic N) is 5. The van der Waals surface area contributed by atoms with Gasteiger partial charge in [0.15, 0.2) is 11.6 Å². The Hall–Kier alpha value is -2.59. The molecule has 4 rings (SSSR count). The van der Waals surface area contributed by atoms with Crippen molar-refractivity contribution in [3.8, 4) is 5.75 Å². The molecule has 0 amide bonds. The van der Waals surface area contributed by atoms with Gasteiger partial charge in [0.25, 0.3) is 0 Å². The standard InChI is InChI=1S/C21H28N6O3S/c1-4-30-15-11-22-18(23-12-15)14-5-8-27(9-6-14)20-24-16-7-10-31(29)17(16)19(25-20)26-21(2,3)13-28/h5,11-12,28H,4,6-10,13H2,1-3H3,(H,24,25,26)/t31-/m1/s1. The summed E-state index contributed by atoms with van der Waals surface area (Å²) < 4.78 is 17.9.